The largest absolute Gasteiger partial charge is 0.0771 e. The second-order valence-electron chi connectivity index (χ2n) is 4.39. The predicted octanol–water partition coefficient (Wildman–Crippen LogP) is 2.66. The van der Waals surface area contributed by atoms with Crippen LogP contribution in [0.15, 0.2) is 6.08 Å². The molecule has 0 heterocycles. The van der Waals surface area contributed by atoms with E-state index >= 15 is 0 Å². The second kappa shape index (κ2) is 1.66. The van der Waals surface area contributed by atoms with Crippen molar-refractivity contribution in [3.63, 3.8) is 0 Å². The van der Waals surface area contributed by atoms with Crippen LogP contribution in [0.1, 0.15) is 27.2 Å². The van der Waals surface area contributed by atoms with Gasteiger partial charge in [0.1, 0.15) is 0 Å². The van der Waals surface area contributed by atoms with Gasteiger partial charge in [-0.2, -0.15) is 0 Å². The van der Waals surface area contributed by atoms with E-state index in [2.05, 4.69) is 32.9 Å². The first-order valence-electron chi connectivity index (χ1n) is 4.22. The minimum atomic E-state index is 0.588. The molecule has 55 valence electrons. The van der Waals surface area contributed by atoms with Crippen molar-refractivity contribution in [1.82, 2.24) is 0 Å². The van der Waals surface area contributed by atoms with Gasteiger partial charge in [-0.15, -0.1) is 0 Å². The summed E-state index contributed by atoms with van der Waals surface area (Å²) in [7, 11) is 0. The molecular weight excluding hydrogens is 120 g/mol. The predicted molar refractivity (Wildman–Crippen MR) is 42.4 cm³/mol. The summed E-state index contributed by atoms with van der Waals surface area (Å²) in [5.41, 5.74) is 0.588. The molecule has 0 heteroatoms. The van der Waals surface area contributed by atoms with Crippen molar-refractivity contribution < 1.29 is 0 Å². The second-order valence-corrected chi connectivity index (χ2v) is 4.39. The average Bonchev–Trinajstić information content (AvgIpc) is 1.87. The van der Waals surface area contributed by atoms with Gasteiger partial charge in [-0.05, 0) is 35.7 Å². The van der Waals surface area contributed by atoms with Crippen LogP contribution in [0.25, 0.3) is 0 Å². The Kier molecular flexibility index (Phi) is 1.07. The molecule has 0 aliphatic heterocycles. The molecular formula is C10H15. The lowest BCUT2D eigenvalue weighted by Gasteiger charge is -2.56. The van der Waals surface area contributed by atoms with Crippen LogP contribution in [0.4, 0.5) is 0 Å². The summed E-state index contributed by atoms with van der Waals surface area (Å²) in [5.74, 6) is 2.47. The highest BCUT2D eigenvalue weighted by Gasteiger charge is 2.50. The molecule has 3 rings (SSSR count). The first-order valence-corrected chi connectivity index (χ1v) is 4.22. The first-order chi connectivity index (χ1) is 4.62. The van der Waals surface area contributed by atoms with E-state index in [0.717, 1.165) is 11.8 Å². The fraction of sp³-hybridized carbons (Fsp3) is 0.800. The van der Waals surface area contributed by atoms with Crippen molar-refractivity contribution in [2.75, 3.05) is 0 Å². The Labute approximate surface area is 63.3 Å². The van der Waals surface area contributed by atoms with Crippen molar-refractivity contribution in [1.29, 1.82) is 0 Å². The van der Waals surface area contributed by atoms with Crippen molar-refractivity contribution in [2.45, 2.75) is 27.2 Å². The molecule has 0 nitrogen and oxygen atoms in total. The molecule has 0 aromatic rings. The smallest absolute Gasteiger partial charge is 0.0157 e. The van der Waals surface area contributed by atoms with Crippen LogP contribution >= 0.6 is 0 Å². The molecule has 1 saturated carbocycles. The Balaban J connectivity index is 2.28. The highest BCUT2D eigenvalue weighted by atomic mass is 14.5. The van der Waals surface area contributed by atoms with Crippen molar-refractivity contribution in [3.8, 4) is 0 Å². The number of rotatable bonds is 0. The van der Waals surface area contributed by atoms with E-state index in [1.165, 1.54) is 6.42 Å². The van der Waals surface area contributed by atoms with E-state index in [1.807, 2.05) is 0 Å². The Morgan fingerprint density at radius 1 is 1.50 bits per heavy atom. The Hall–Kier alpha value is -0.260. The summed E-state index contributed by atoms with van der Waals surface area (Å²) < 4.78 is 0. The summed E-state index contributed by atoms with van der Waals surface area (Å²) >= 11 is 0. The van der Waals surface area contributed by atoms with Gasteiger partial charge in [0.2, 0.25) is 0 Å². The fourth-order valence-corrected chi connectivity index (χ4v) is 2.51. The van der Waals surface area contributed by atoms with Gasteiger partial charge in [-0.1, -0.05) is 26.8 Å². The van der Waals surface area contributed by atoms with Crippen molar-refractivity contribution in [2.24, 2.45) is 23.2 Å². The molecule has 0 saturated heterocycles. The highest BCUT2D eigenvalue weighted by molar-refractivity contribution is 5.12. The van der Waals surface area contributed by atoms with Crippen LogP contribution in [0.2, 0.25) is 0 Å². The minimum Gasteiger partial charge on any atom is -0.0771 e. The van der Waals surface area contributed by atoms with Crippen LogP contribution in [0.3, 0.4) is 0 Å². The van der Waals surface area contributed by atoms with E-state index in [0.29, 0.717) is 11.3 Å². The van der Waals surface area contributed by atoms with Gasteiger partial charge < -0.3 is 0 Å². The normalized spacial score (nSPS) is 48.5. The average molecular weight is 135 g/mol. The highest BCUT2D eigenvalue weighted by Crippen LogP contribution is 2.57. The lowest BCUT2D eigenvalue weighted by Crippen LogP contribution is -2.49. The zero-order valence-corrected chi connectivity index (χ0v) is 7.02. The van der Waals surface area contributed by atoms with Crippen LogP contribution in [0, 0.1) is 29.2 Å². The van der Waals surface area contributed by atoms with Gasteiger partial charge in [-0.3, -0.25) is 0 Å². The third kappa shape index (κ3) is 0.574. The van der Waals surface area contributed by atoms with Gasteiger partial charge in [0.25, 0.3) is 0 Å². The van der Waals surface area contributed by atoms with Crippen LogP contribution in [-0.2, 0) is 0 Å². The van der Waals surface area contributed by atoms with Gasteiger partial charge in [0.05, 0.1) is 0 Å². The summed E-state index contributed by atoms with van der Waals surface area (Å²) in [6.07, 6.45) is 7.13. The van der Waals surface area contributed by atoms with Gasteiger partial charge in [-0.25, -0.2) is 0 Å². The van der Waals surface area contributed by atoms with E-state index in [1.54, 1.807) is 0 Å². The standard InChI is InChI=1S/C10H15/c1-7-4-5-8-6-9(7)10(8,2)3/h5,7-9H,6H2,1-3H3/t7-,8-,9-/m1/s1. The van der Waals surface area contributed by atoms with Crippen LogP contribution < -0.4 is 0 Å². The summed E-state index contributed by atoms with van der Waals surface area (Å²) in [6.45, 7) is 7.07. The van der Waals surface area contributed by atoms with Crippen molar-refractivity contribution in [3.05, 3.63) is 12.2 Å². The molecule has 0 amide bonds. The molecule has 0 spiro atoms. The van der Waals surface area contributed by atoms with Gasteiger partial charge in [0, 0.05) is 0 Å². The minimum absolute atomic E-state index is 0.588. The van der Waals surface area contributed by atoms with Gasteiger partial charge >= 0.3 is 0 Å². The molecule has 1 radical (unpaired) electrons. The summed E-state index contributed by atoms with van der Waals surface area (Å²) in [4.78, 5) is 0. The Morgan fingerprint density at radius 2 is 2.20 bits per heavy atom. The molecule has 10 heavy (non-hydrogen) atoms. The lowest BCUT2D eigenvalue weighted by molar-refractivity contribution is -0.0291. The number of fused-ring (bicyclic) bond motifs is 1. The topological polar surface area (TPSA) is 0 Å². The third-order valence-electron chi connectivity index (χ3n) is 3.58. The zero-order chi connectivity index (χ0) is 7.35. The molecule has 0 aromatic carbocycles. The van der Waals surface area contributed by atoms with Crippen molar-refractivity contribution >= 4 is 0 Å². The maximum Gasteiger partial charge on any atom is -0.0157 e. The maximum absolute atomic E-state index is 3.41. The fourth-order valence-electron chi connectivity index (χ4n) is 2.51. The van der Waals surface area contributed by atoms with Crippen LogP contribution in [-0.4, -0.2) is 0 Å². The molecule has 0 unspecified atom stereocenters. The Bertz CT molecular complexity index is 176. The summed E-state index contributed by atoms with van der Waals surface area (Å²) in [5, 5.41) is 0. The van der Waals surface area contributed by atoms with Gasteiger partial charge in [0.15, 0.2) is 0 Å². The first kappa shape index (κ1) is 6.45. The quantitative estimate of drug-likeness (QED) is 0.479. The van der Waals surface area contributed by atoms with Crippen LogP contribution in [0.5, 0.6) is 0 Å². The number of allylic oxidation sites excluding steroid dienone is 2. The molecule has 2 bridgehead atoms. The molecule has 3 aliphatic rings. The molecule has 0 N–H and O–H groups in total. The third-order valence-corrected chi connectivity index (χ3v) is 3.58. The van der Waals surface area contributed by atoms with E-state index < -0.39 is 0 Å². The Morgan fingerprint density at radius 3 is 2.50 bits per heavy atom. The van der Waals surface area contributed by atoms with E-state index in [4.69, 9.17) is 0 Å². The van der Waals surface area contributed by atoms with E-state index in [-0.39, 0.29) is 0 Å². The molecule has 0 aromatic heterocycles. The molecule has 1 fully saturated rings. The number of hydrogen-bond acceptors (Lipinski definition) is 0. The SMILES string of the molecule is C[C@@H]1[C]=C[C@@H]2C[C@H]1C2(C)C. The molecule has 3 aliphatic carbocycles. The number of hydrogen-bond donors (Lipinski definition) is 0. The van der Waals surface area contributed by atoms with E-state index in [9.17, 15) is 0 Å². The molecule has 3 atom stereocenters. The maximum atomic E-state index is 3.41. The lowest BCUT2D eigenvalue weighted by atomic mass is 9.48. The zero-order valence-electron chi connectivity index (χ0n) is 7.02. The summed E-state index contributed by atoms with van der Waals surface area (Å²) in [6, 6.07) is 0. The monoisotopic (exact) mass is 135 g/mol.